The van der Waals surface area contributed by atoms with Crippen LogP contribution in [0, 0.1) is 21.7 Å². The highest BCUT2D eigenvalue weighted by atomic mass is 19.1. The maximum absolute atomic E-state index is 13.0. The number of nitrogens with zero attached hydrogens (tertiary/aromatic N) is 3. The van der Waals surface area contributed by atoms with Gasteiger partial charge in [-0.2, -0.15) is 9.97 Å². The van der Waals surface area contributed by atoms with Gasteiger partial charge in [0.15, 0.2) is 0 Å². The summed E-state index contributed by atoms with van der Waals surface area (Å²) >= 11 is 0. The minimum atomic E-state index is -1.11. The Morgan fingerprint density at radius 2 is 1.25 bits per heavy atom. The molecule has 0 aliphatic heterocycles. The van der Waals surface area contributed by atoms with Gasteiger partial charge in [-0.25, -0.2) is 8.78 Å². The zero-order valence-corrected chi connectivity index (χ0v) is 16.6. The first-order valence-electron chi connectivity index (χ1n) is 9.41. The minimum Gasteiger partial charge on any atom is -0.387 e. The fraction of sp³-hybridized carbons (Fsp3) is 0.200. The number of benzene rings is 2. The molecule has 1 aromatic heterocycles. The first kappa shape index (κ1) is 22.8. The zero-order valence-electron chi connectivity index (χ0n) is 16.6. The number of anilines is 3. The van der Waals surface area contributed by atoms with Crippen molar-refractivity contribution < 1.29 is 23.9 Å². The van der Waals surface area contributed by atoms with Gasteiger partial charge in [-0.15, -0.1) is 0 Å². The summed E-state index contributed by atoms with van der Waals surface area (Å²) in [4.78, 5) is 18.6. The molecule has 0 fully saturated rings. The van der Waals surface area contributed by atoms with Crippen molar-refractivity contribution in [2.24, 2.45) is 0 Å². The van der Waals surface area contributed by atoms with E-state index in [9.17, 15) is 29.1 Å². The molecule has 3 aromatic rings. The van der Waals surface area contributed by atoms with Crippen LogP contribution >= 0.6 is 0 Å². The van der Waals surface area contributed by atoms with Crippen LogP contribution in [-0.4, -0.2) is 38.2 Å². The second kappa shape index (κ2) is 9.94. The lowest BCUT2D eigenvalue weighted by atomic mass is 10.1. The number of nitrogens with one attached hydrogen (secondary N) is 2. The fourth-order valence-corrected chi connectivity index (χ4v) is 2.88. The number of nitrogen functional groups attached to an aromatic ring is 1. The summed E-state index contributed by atoms with van der Waals surface area (Å²) in [6.07, 6.45) is -2.22. The summed E-state index contributed by atoms with van der Waals surface area (Å²) < 4.78 is 26.1. The maximum Gasteiger partial charge on any atom is 0.353 e. The molecule has 6 N–H and O–H groups in total. The van der Waals surface area contributed by atoms with Crippen LogP contribution in [0.1, 0.15) is 23.3 Å². The predicted molar refractivity (Wildman–Crippen MR) is 113 cm³/mol. The average molecular weight is 446 g/mol. The van der Waals surface area contributed by atoms with E-state index in [-0.39, 0.29) is 30.7 Å². The standard InChI is InChI=1S/C20H20F2N6O4/c21-13-5-1-11(2-6-13)15(29)9-24-18-17(28(31)32)19(27-20(23)26-18)25-10-16(30)12-3-7-14(22)8-4-12/h1-8,15-16,29-30H,9-10H2,(H4,23,24,25,26,27). The van der Waals surface area contributed by atoms with Gasteiger partial charge in [-0.05, 0) is 35.4 Å². The number of aromatic nitrogens is 2. The number of hydrogen-bond donors (Lipinski definition) is 5. The maximum atomic E-state index is 13.0. The molecule has 2 atom stereocenters. The highest BCUT2D eigenvalue weighted by Crippen LogP contribution is 2.31. The van der Waals surface area contributed by atoms with Crippen LogP contribution < -0.4 is 16.4 Å². The smallest absolute Gasteiger partial charge is 0.353 e. The molecule has 0 radical (unpaired) electrons. The number of hydrogen-bond acceptors (Lipinski definition) is 9. The highest BCUT2D eigenvalue weighted by molar-refractivity contribution is 5.71. The van der Waals surface area contributed by atoms with E-state index < -0.39 is 34.5 Å². The van der Waals surface area contributed by atoms with Gasteiger partial charge in [0.1, 0.15) is 11.6 Å². The molecule has 0 aliphatic carbocycles. The van der Waals surface area contributed by atoms with Crippen LogP contribution in [0.15, 0.2) is 48.5 Å². The van der Waals surface area contributed by atoms with Crippen molar-refractivity contribution in [1.82, 2.24) is 9.97 Å². The van der Waals surface area contributed by atoms with Crippen LogP contribution in [0.25, 0.3) is 0 Å². The normalized spacial score (nSPS) is 12.8. The van der Waals surface area contributed by atoms with Gasteiger partial charge in [-0.1, -0.05) is 24.3 Å². The first-order valence-corrected chi connectivity index (χ1v) is 9.41. The molecule has 32 heavy (non-hydrogen) atoms. The Bertz CT molecular complexity index is 1010. The molecular weight excluding hydrogens is 426 g/mol. The highest BCUT2D eigenvalue weighted by Gasteiger charge is 2.25. The molecule has 0 bridgehead atoms. The van der Waals surface area contributed by atoms with Crippen molar-refractivity contribution in [3.8, 4) is 0 Å². The van der Waals surface area contributed by atoms with Crippen molar-refractivity contribution in [2.75, 3.05) is 29.5 Å². The van der Waals surface area contributed by atoms with Gasteiger partial charge in [0.2, 0.25) is 17.6 Å². The molecule has 0 amide bonds. The number of aliphatic hydroxyl groups is 2. The summed E-state index contributed by atoms with van der Waals surface area (Å²) in [5, 5.41) is 37.5. The van der Waals surface area contributed by atoms with E-state index in [1.165, 1.54) is 48.5 Å². The van der Waals surface area contributed by atoms with E-state index in [0.717, 1.165) is 0 Å². The van der Waals surface area contributed by atoms with Crippen LogP contribution in [0.4, 0.5) is 32.1 Å². The topological polar surface area (TPSA) is 159 Å². The second-order valence-corrected chi connectivity index (χ2v) is 6.78. The second-order valence-electron chi connectivity index (χ2n) is 6.78. The Balaban J connectivity index is 1.76. The molecule has 1 heterocycles. The average Bonchev–Trinajstić information content (AvgIpc) is 2.76. The van der Waals surface area contributed by atoms with Crippen LogP contribution in [-0.2, 0) is 0 Å². The Morgan fingerprint density at radius 3 is 1.59 bits per heavy atom. The molecule has 2 aromatic carbocycles. The molecule has 3 rings (SSSR count). The molecular formula is C20H20F2N6O4. The molecule has 12 heteroatoms. The molecule has 10 nitrogen and oxygen atoms in total. The lowest BCUT2D eigenvalue weighted by Crippen LogP contribution is -2.18. The predicted octanol–water partition coefficient (Wildman–Crippen LogP) is 2.54. The van der Waals surface area contributed by atoms with Crippen molar-refractivity contribution in [3.05, 3.63) is 81.4 Å². The van der Waals surface area contributed by atoms with E-state index in [1.807, 2.05) is 0 Å². The summed E-state index contributed by atoms with van der Waals surface area (Å²) in [6.45, 7) is -0.360. The van der Waals surface area contributed by atoms with Crippen molar-refractivity contribution in [3.63, 3.8) is 0 Å². The van der Waals surface area contributed by atoms with Crippen molar-refractivity contribution in [2.45, 2.75) is 12.2 Å². The summed E-state index contributed by atoms with van der Waals surface area (Å²) in [6, 6.07) is 10.2. The molecule has 0 saturated heterocycles. The Labute approximate surface area is 180 Å². The summed E-state index contributed by atoms with van der Waals surface area (Å²) in [5.74, 6) is -1.71. The molecule has 168 valence electrons. The lowest BCUT2D eigenvalue weighted by molar-refractivity contribution is -0.383. The van der Waals surface area contributed by atoms with E-state index >= 15 is 0 Å². The third kappa shape index (κ3) is 5.62. The van der Waals surface area contributed by atoms with Gasteiger partial charge in [0.25, 0.3) is 0 Å². The van der Waals surface area contributed by atoms with Crippen molar-refractivity contribution >= 4 is 23.3 Å². The van der Waals surface area contributed by atoms with Crippen LogP contribution in [0.3, 0.4) is 0 Å². The number of nitrogens with two attached hydrogens (primary N) is 1. The fourth-order valence-electron chi connectivity index (χ4n) is 2.88. The number of rotatable bonds is 9. The summed E-state index contributed by atoms with van der Waals surface area (Å²) in [5.41, 5.74) is 5.90. The third-order valence-corrected chi connectivity index (χ3v) is 4.52. The number of halogens is 2. The van der Waals surface area contributed by atoms with Gasteiger partial charge in [0, 0.05) is 13.1 Å². The number of aliphatic hydroxyl groups excluding tert-OH is 2. The van der Waals surface area contributed by atoms with E-state index in [2.05, 4.69) is 20.6 Å². The first-order chi connectivity index (χ1) is 15.2. The summed E-state index contributed by atoms with van der Waals surface area (Å²) in [7, 11) is 0. The van der Waals surface area contributed by atoms with E-state index in [1.54, 1.807) is 0 Å². The van der Waals surface area contributed by atoms with Crippen LogP contribution in [0.2, 0.25) is 0 Å². The van der Waals surface area contributed by atoms with Crippen molar-refractivity contribution in [1.29, 1.82) is 0 Å². The van der Waals surface area contributed by atoms with E-state index in [4.69, 9.17) is 5.73 Å². The van der Waals surface area contributed by atoms with Gasteiger partial charge in [0.05, 0.1) is 17.1 Å². The quantitative estimate of drug-likeness (QED) is 0.246. The van der Waals surface area contributed by atoms with E-state index in [0.29, 0.717) is 11.1 Å². The number of nitro groups is 1. The Hall–Kier alpha value is -3.90. The molecule has 2 unspecified atom stereocenters. The lowest BCUT2D eigenvalue weighted by Gasteiger charge is -2.16. The third-order valence-electron chi connectivity index (χ3n) is 4.52. The molecule has 0 aliphatic rings. The monoisotopic (exact) mass is 446 g/mol. The molecule has 0 saturated carbocycles. The van der Waals surface area contributed by atoms with Gasteiger partial charge >= 0.3 is 5.69 Å². The Kier molecular flexibility index (Phi) is 7.07. The Morgan fingerprint density at radius 1 is 0.875 bits per heavy atom. The minimum absolute atomic E-state index is 0.180. The van der Waals surface area contributed by atoms with Gasteiger partial charge in [-0.3, -0.25) is 10.1 Å². The largest absolute Gasteiger partial charge is 0.387 e. The molecule has 0 spiro atoms. The SMILES string of the molecule is Nc1nc(NCC(O)c2ccc(F)cc2)c([N+](=O)[O-])c(NCC(O)c2ccc(F)cc2)n1. The van der Waals surface area contributed by atoms with Gasteiger partial charge < -0.3 is 26.6 Å². The van der Waals surface area contributed by atoms with Crippen LogP contribution in [0.5, 0.6) is 0 Å². The zero-order chi connectivity index (χ0) is 23.3.